The number of ketones is 1. The van der Waals surface area contributed by atoms with Crippen molar-refractivity contribution in [2.45, 2.75) is 13.1 Å². The molecule has 0 aliphatic heterocycles. The highest BCUT2D eigenvalue weighted by molar-refractivity contribution is 7.17. The number of hydrogen-bond donors (Lipinski definition) is 0. The Balaban J connectivity index is 1.69. The van der Waals surface area contributed by atoms with Gasteiger partial charge < -0.3 is 4.74 Å². The number of ether oxygens (including phenoxy) is 1. The molecule has 3 heterocycles. The van der Waals surface area contributed by atoms with Crippen molar-refractivity contribution >= 4 is 44.7 Å². The third-order valence-electron chi connectivity index (χ3n) is 5.38. The van der Waals surface area contributed by atoms with Gasteiger partial charge in [0.2, 0.25) is 5.78 Å². The number of aromatic nitrogens is 4. The molecule has 5 rings (SSSR count). The standard InChI is InChI=1S/C23H17ClN4O4S/c1-32-19-9-5-2-6-14(19)12-26-21(30)20-17(10-11-33-20)28-22(26)25-27(23(28)31)13-18(29)15-7-3-4-8-16(15)24/h2-11H,12-13H2,1H3. The van der Waals surface area contributed by atoms with E-state index in [1.54, 1.807) is 48.9 Å². The Morgan fingerprint density at radius 3 is 2.64 bits per heavy atom. The third kappa shape index (κ3) is 3.55. The number of halogens is 1. The summed E-state index contributed by atoms with van der Waals surface area (Å²) in [6, 6.07) is 15.7. The molecule has 10 heteroatoms. The van der Waals surface area contributed by atoms with Crippen LogP contribution in [0.5, 0.6) is 5.75 Å². The molecule has 0 aliphatic carbocycles. The summed E-state index contributed by atoms with van der Waals surface area (Å²) < 4.78 is 9.70. The number of carbonyl (C=O) groups is 1. The van der Waals surface area contributed by atoms with Crippen LogP contribution >= 0.6 is 22.9 Å². The zero-order chi connectivity index (χ0) is 23.1. The van der Waals surface area contributed by atoms with E-state index in [0.29, 0.717) is 26.6 Å². The van der Waals surface area contributed by atoms with Crippen molar-refractivity contribution < 1.29 is 9.53 Å². The van der Waals surface area contributed by atoms with E-state index in [-0.39, 0.29) is 30.2 Å². The zero-order valence-electron chi connectivity index (χ0n) is 17.4. The minimum absolute atomic E-state index is 0.147. The molecule has 33 heavy (non-hydrogen) atoms. The maximum absolute atomic E-state index is 13.3. The Kier molecular flexibility index (Phi) is 5.35. The first kappa shape index (κ1) is 21.2. The van der Waals surface area contributed by atoms with Gasteiger partial charge in [0, 0.05) is 11.1 Å². The normalized spacial score (nSPS) is 11.3. The topological polar surface area (TPSA) is 87.6 Å². The average Bonchev–Trinajstić information content (AvgIpc) is 3.42. The second-order valence-electron chi connectivity index (χ2n) is 7.32. The zero-order valence-corrected chi connectivity index (χ0v) is 19.0. The van der Waals surface area contributed by atoms with Crippen molar-refractivity contribution in [3.63, 3.8) is 0 Å². The molecule has 0 aliphatic rings. The summed E-state index contributed by atoms with van der Waals surface area (Å²) >= 11 is 7.39. The summed E-state index contributed by atoms with van der Waals surface area (Å²) in [5, 5.41) is 6.43. The Bertz CT molecular complexity index is 1650. The molecule has 0 bridgehead atoms. The van der Waals surface area contributed by atoms with Crippen LogP contribution in [-0.4, -0.2) is 31.6 Å². The van der Waals surface area contributed by atoms with Gasteiger partial charge in [-0.25, -0.2) is 13.9 Å². The number of methoxy groups -OCH3 is 1. The van der Waals surface area contributed by atoms with Crippen LogP contribution in [0.1, 0.15) is 15.9 Å². The number of thiophene rings is 1. The van der Waals surface area contributed by atoms with Crippen molar-refractivity contribution in [3.8, 4) is 5.75 Å². The molecule has 0 fully saturated rings. The van der Waals surface area contributed by atoms with Crippen molar-refractivity contribution in [3.05, 3.63) is 97.0 Å². The number of nitrogens with zero attached hydrogens (tertiary/aromatic N) is 4. The van der Waals surface area contributed by atoms with Gasteiger partial charge in [-0.15, -0.1) is 16.4 Å². The van der Waals surface area contributed by atoms with E-state index in [1.807, 2.05) is 18.2 Å². The average molecular weight is 481 g/mol. The predicted octanol–water partition coefficient (Wildman–Crippen LogP) is 3.47. The quantitative estimate of drug-likeness (QED) is 0.347. The molecule has 0 atom stereocenters. The summed E-state index contributed by atoms with van der Waals surface area (Å²) in [6.45, 7) is -0.159. The smallest absolute Gasteiger partial charge is 0.352 e. The predicted molar refractivity (Wildman–Crippen MR) is 127 cm³/mol. The van der Waals surface area contributed by atoms with E-state index in [9.17, 15) is 14.4 Å². The van der Waals surface area contributed by atoms with Crippen LogP contribution in [0.15, 0.2) is 69.6 Å². The number of hydrogen-bond acceptors (Lipinski definition) is 6. The van der Waals surface area contributed by atoms with Gasteiger partial charge >= 0.3 is 5.69 Å². The Hall–Kier alpha value is -3.69. The Labute approximate surface area is 195 Å². The summed E-state index contributed by atoms with van der Waals surface area (Å²) in [4.78, 5) is 39.4. The highest BCUT2D eigenvalue weighted by Crippen LogP contribution is 2.22. The molecule has 0 saturated carbocycles. The number of rotatable bonds is 6. The first-order valence-electron chi connectivity index (χ1n) is 9.99. The van der Waals surface area contributed by atoms with Crippen LogP contribution in [0, 0.1) is 0 Å². The SMILES string of the molecule is COc1ccccc1Cn1c(=O)c2sccc2n2c(=O)n(CC(=O)c3ccccc3Cl)nc12. The molecule has 3 aromatic heterocycles. The highest BCUT2D eigenvalue weighted by atomic mass is 35.5. The van der Waals surface area contributed by atoms with Crippen molar-refractivity contribution in [1.82, 2.24) is 18.7 Å². The van der Waals surface area contributed by atoms with Crippen LogP contribution in [0.25, 0.3) is 16.0 Å². The molecule has 0 saturated heterocycles. The van der Waals surface area contributed by atoms with Gasteiger partial charge in [0.05, 0.1) is 24.2 Å². The first-order chi connectivity index (χ1) is 16.0. The number of fused-ring (bicyclic) bond motifs is 3. The second-order valence-corrected chi connectivity index (χ2v) is 8.64. The van der Waals surface area contributed by atoms with Crippen LogP contribution in [0.2, 0.25) is 5.02 Å². The summed E-state index contributed by atoms with van der Waals surface area (Å²) in [6.07, 6.45) is 0. The molecular formula is C23H17ClN4O4S. The maximum atomic E-state index is 13.3. The van der Waals surface area contributed by atoms with Crippen molar-refractivity contribution in [2.75, 3.05) is 7.11 Å². The molecule has 2 aromatic carbocycles. The molecule has 5 aromatic rings. The lowest BCUT2D eigenvalue weighted by Gasteiger charge is -2.11. The van der Waals surface area contributed by atoms with Gasteiger partial charge in [-0.2, -0.15) is 0 Å². The lowest BCUT2D eigenvalue weighted by Crippen LogP contribution is -2.27. The highest BCUT2D eigenvalue weighted by Gasteiger charge is 2.21. The minimum Gasteiger partial charge on any atom is -0.496 e. The summed E-state index contributed by atoms with van der Waals surface area (Å²) in [5.74, 6) is 0.407. The monoisotopic (exact) mass is 480 g/mol. The van der Waals surface area contributed by atoms with Gasteiger partial charge in [0.15, 0.2) is 5.78 Å². The van der Waals surface area contributed by atoms with E-state index in [4.69, 9.17) is 16.3 Å². The lowest BCUT2D eigenvalue weighted by molar-refractivity contribution is 0.0966. The number of para-hydroxylation sites is 1. The number of carbonyl (C=O) groups excluding carboxylic acids is 1. The molecular weight excluding hydrogens is 464 g/mol. The van der Waals surface area contributed by atoms with E-state index in [1.165, 1.54) is 20.3 Å². The first-order valence-corrected chi connectivity index (χ1v) is 11.2. The van der Waals surface area contributed by atoms with Crippen LogP contribution in [0.4, 0.5) is 0 Å². The third-order valence-corrected chi connectivity index (χ3v) is 6.60. The minimum atomic E-state index is -0.511. The second kappa shape index (κ2) is 8.34. The fraction of sp³-hybridized carbons (Fsp3) is 0.130. The fourth-order valence-corrected chi connectivity index (χ4v) is 4.86. The summed E-state index contributed by atoms with van der Waals surface area (Å²) in [5.41, 5.74) is 0.734. The molecule has 0 unspecified atom stereocenters. The molecule has 0 N–H and O–H groups in total. The number of Topliss-reactive ketones (excluding diaryl/α,β-unsaturated/α-hetero) is 1. The Morgan fingerprint density at radius 2 is 1.85 bits per heavy atom. The van der Waals surface area contributed by atoms with Crippen molar-refractivity contribution in [2.24, 2.45) is 0 Å². The van der Waals surface area contributed by atoms with E-state index in [0.717, 1.165) is 10.2 Å². The molecule has 0 radical (unpaired) electrons. The fourth-order valence-electron chi connectivity index (χ4n) is 3.79. The van der Waals surface area contributed by atoms with Gasteiger partial charge in [-0.05, 0) is 29.6 Å². The van der Waals surface area contributed by atoms with Crippen molar-refractivity contribution in [1.29, 1.82) is 0 Å². The van der Waals surface area contributed by atoms with E-state index >= 15 is 0 Å². The lowest BCUT2D eigenvalue weighted by atomic mass is 10.1. The van der Waals surface area contributed by atoms with Crippen LogP contribution in [0.3, 0.4) is 0 Å². The van der Waals surface area contributed by atoms with E-state index in [2.05, 4.69) is 5.10 Å². The Morgan fingerprint density at radius 1 is 1.09 bits per heavy atom. The van der Waals surface area contributed by atoms with Crippen LogP contribution < -0.4 is 16.0 Å². The molecule has 0 amide bonds. The maximum Gasteiger partial charge on any atom is 0.352 e. The largest absolute Gasteiger partial charge is 0.496 e. The summed E-state index contributed by atoms with van der Waals surface area (Å²) in [7, 11) is 1.55. The molecule has 8 nitrogen and oxygen atoms in total. The van der Waals surface area contributed by atoms with E-state index < -0.39 is 5.69 Å². The molecule has 166 valence electrons. The molecule has 0 spiro atoms. The number of benzene rings is 2. The van der Waals surface area contributed by atoms with Gasteiger partial charge in [0.1, 0.15) is 17.0 Å². The van der Waals surface area contributed by atoms with Gasteiger partial charge in [-0.1, -0.05) is 41.9 Å². The van der Waals surface area contributed by atoms with Gasteiger partial charge in [-0.3, -0.25) is 14.2 Å². The van der Waals surface area contributed by atoms with Crippen LogP contribution in [-0.2, 0) is 13.1 Å². The van der Waals surface area contributed by atoms with Gasteiger partial charge in [0.25, 0.3) is 5.56 Å².